The monoisotopic (exact) mass is 254 g/mol. The van der Waals surface area contributed by atoms with Gasteiger partial charge in [0.05, 0.1) is 6.04 Å². The van der Waals surface area contributed by atoms with Crippen molar-refractivity contribution in [2.45, 2.75) is 37.8 Å². The summed E-state index contributed by atoms with van der Waals surface area (Å²) < 4.78 is 0. The van der Waals surface area contributed by atoms with Crippen molar-refractivity contribution in [3.05, 3.63) is 72.9 Å². The molecule has 100 valence electrons. The Kier molecular flexibility index (Phi) is 5.17. The predicted molar refractivity (Wildman–Crippen MR) is 82.0 cm³/mol. The third-order valence-corrected chi connectivity index (χ3v) is 3.68. The maximum Gasteiger partial charge on any atom is 0.108 e. The molecule has 2 atom stereocenters. The average Bonchev–Trinajstić information content (AvgIpc) is 2.40. The highest BCUT2D eigenvalue weighted by Crippen LogP contribution is 2.18. The number of nitrogens with two attached hydrogens (primary N) is 1. The Balaban J connectivity index is 2.07. The van der Waals surface area contributed by atoms with Crippen LogP contribution in [0.5, 0.6) is 0 Å². The molecule has 1 aromatic carbocycles. The third-order valence-electron chi connectivity index (χ3n) is 3.68. The van der Waals surface area contributed by atoms with Gasteiger partial charge in [-0.05, 0) is 18.1 Å². The van der Waals surface area contributed by atoms with E-state index in [1.54, 1.807) is 5.57 Å². The highest BCUT2D eigenvalue weighted by molar-refractivity contribution is 5.23. The van der Waals surface area contributed by atoms with E-state index in [1.165, 1.54) is 12.0 Å². The first-order chi connectivity index (χ1) is 9.31. The van der Waals surface area contributed by atoms with Gasteiger partial charge in [0.2, 0.25) is 0 Å². The molecule has 19 heavy (non-hydrogen) atoms. The summed E-state index contributed by atoms with van der Waals surface area (Å²) in [6.07, 6.45) is 10.9. The zero-order valence-corrected chi connectivity index (χ0v) is 11.6. The lowest BCUT2D eigenvalue weighted by atomic mass is 9.90. The van der Waals surface area contributed by atoms with Crippen LogP contribution < -0.4 is 5.32 Å². The summed E-state index contributed by atoms with van der Waals surface area (Å²) in [5.74, 6) is 0. The Morgan fingerprint density at radius 1 is 1.11 bits per heavy atom. The van der Waals surface area contributed by atoms with Crippen molar-refractivity contribution >= 4 is 0 Å². The van der Waals surface area contributed by atoms with Crippen molar-refractivity contribution in [1.82, 2.24) is 0 Å². The van der Waals surface area contributed by atoms with E-state index in [1.807, 2.05) is 12.2 Å². The molecule has 1 heteroatoms. The van der Waals surface area contributed by atoms with Crippen molar-refractivity contribution in [2.75, 3.05) is 0 Å². The largest absolute Gasteiger partial charge is 0.337 e. The van der Waals surface area contributed by atoms with Crippen LogP contribution in [0, 0.1) is 0 Å². The van der Waals surface area contributed by atoms with Crippen LogP contribution in [-0.4, -0.2) is 12.1 Å². The quantitative estimate of drug-likeness (QED) is 0.752. The van der Waals surface area contributed by atoms with Crippen LogP contribution in [0.25, 0.3) is 0 Å². The van der Waals surface area contributed by atoms with Gasteiger partial charge in [0.15, 0.2) is 0 Å². The zero-order valence-electron chi connectivity index (χ0n) is 11.6. The number of hydrogen-bond donors (Lipinski definition) is 1. The molecule has 0 aromatic heterocycles. The Morgan fingerprint density at radius 2 is 1.84 bits per heavy atom. The van der Waals surface area contributed by atoms with E-state index in [0.717, 1.165) is 19.3 Å². The van der Waals surface area contributed by atoms with Crippen LogP contribution in [0.4, 0.5) is 0 Å². The lowest BCUT2D eigenvalue weighted by Gasteiger charge is -2.26. The minimum atomic E-state index is 0.551. The van der Waals surface area contributed by atoms with E-state index in [-0.39, 0.29) is 0 Å². The lowest BCUT2D eigenvalue weighted by molar-refractivity contribution is -0.713. The Morgan fingerprint density at radius 3 is 2.53 bits per heavy atom. The maximum atomic E-state index is 3.88. The Bertz CT molecular complexity index is 444. The topological polar surface area (TPSA) is 16.6 Å². The molecule has 0 radical (unpaired) electrons. The van der Waals surface area contributed by atoms with Gasteiger partial charge in [-0.2, -0.15) is 0 Å². The summed E-state index contributed by atoms with van der Waals surface area (Å²) in [4.78, 5) is 0. The van der Waals surface area contributed by atoms with Crippen LogP contribution in [0.3, 0.4) is 0 Å². The van der Waals surface area contributed by atoms with Crippen LogP contribution in [0.15, 0.2) is 67.3 Å². The fourth-order valence-electron chi connectivity index (χ4n) is 2.88. The zero-order chi connectivity index (χ0) is 13.5. The van der Waals surface area contributed by atoms with E-state index in [2.05, 4.69) is 54.9 Å². The normalized spacial score (nSPS) is 22.6. The molecule has 0 unspecified atom stereocenters. The standard InChI is InChI=1S/C18H23N/c1-3-8-17-13-16(14-18(19-17)9-4-2)12-15-10-6-5-7-11-15/h3-7,10-11,13,17-19H,1-2,8-9,12,14H2/p+1/t17-,18-/m0/s1. The van der Waals surface area contributed by atoms with Gasteiger partial charge in [-0.1, -0.05) is 48.1 Å². The molecule has 2 N–H and O–H groups in total. The molecule has 0 spiro atoms. The number of benzene rings is 1. The van der Waals surface area contributed by atoms with Crippen molar-refractivity contribution < 1.29 is 5.32 Å². The summed E-state index contributed by atoms with van der Waals surface area (Å²) in [7, 11) is 0. The van der Waals surface area contributed by atoms with E-state index < -0.39 is 0 Å². The lowest BCUT2D eigenvalue weighted by Crippen LogP contribution is -2.95. The van der Waals surface area contributed by atoms with Crippen LogP contribution in [0.2, 0.25) is 0 Å². The first-order valence-corrected chi connectivity index (χ1v) is 7.12. The van der Waals surface area contributed by atoms with Crippen molar-refractivity contribution in [3.8, 4) is 0 Å². The van der Waals surface area contributed by atoms with E-state index in [0.29, 0.717) is 12.1 Å². The van der Waals surface area contributed by atoms with Gasteiger partial charge in [0.25, 0.3) is 0 Å². The summed E-state index contributed by atoms with van der Waals surface area (Å²) >= 11 is 0. The molecule has 0 aliphatic carbocycles. The van der Waals surface area contributed by atoms with Gasteiger partial charge in [-0.15, -0.1) is 13.2 Å². The van der Waals surface area contributed by atoms with Crippen molar-refractivity contribution in [3.63, 3.8) is 0 Å². The molecule has 2 rings (SSSR count). The molecule has 0 saturated heterocycles. The van der Waals surface area contributed by atoms with Crippen LogP contribution in [0.1, 0.15) is 24.8 Å². The van der Waals surface area contributed by atoms with E-state index >= 15 is 0 Å². The molecule has 0 amide bonds. The fourth-order valence-corrected chi connectivity index (χ4v) is 2.88. The Labute approximate surface area is 116 Å². The van der Waals surface area contributed by atoms with Gasteiger partial charge in [-0.3, -0.25) is 0 Å². The average molecular weight is 254 g/mol. The minimum absolute atomic E-state index is 0.551. The van der Waals surface area contributed by atoms with Crippen LogP contribution in [-0.2, 0) is 6.42 Å². The summed E-state index contributed by atoms with van der Waals surface area (Å²) in [5.41, 5.74) is 2.97. The fraction of sp³-hybridized carbons (Fsp3) is 0.333. The summed E-state index contributed by atoms with van der Waals surface area (Å²) in [5, 5.41) is 2.47. The smallest absolute Gasteiger partial charge is 0.108 e. The number of rotatable bonds is 6. The first-order valence-electron chi connectivity index (χ1n) is 7.12. The Hall–Kier alpha value is -1.60. The first kappa shape index (κ1) is 13.8. The molecule has 1 aromatic rings. The van der Waals surface area contributed by atoms with Gasteiger partial charge < -0.3 is 5.32 Å². The van der Waals surface area contributed by atoms with Crippen molar-refractivity contribution in [2.24, 2.45) is 0 Å². The highest BCUT2D eigenvalue weighted by Gasteiger charge is 2.23. The third kappa shape index (κ3) is 4.22. The minimum Gasteiger partial charge on any atom is -0.337 e. The summed E-state index contributed by atoms with van der Waals surface area (Å²) in [6, 6.07) is 11.9. The molecule has 1 aliphatic rings. The molecule has 1 aliphatic heterocycles. The summed E-state index contributed by atoms with van der Waals surface area (Å²) in [6.45, 7) is 7.74. The van der Waals surface area contributed by atoms with E-state index in [4.69, 9.17) is 0 Å². The SMILES string of the molecule is C=CC[C@H]1CC(Cc2ccccc2)=C[C@H](CC=C)[NH2+]1. The molecule has 0 bridgehead atoms. The van der Waals surface area contributed by atoms with Gasteiger partial charge in [0, 0.05) is 19.3 Å². The number of quaternary nitrogens is 1. The van der Waals surface area contributed by atoms with Gasteiger partial charge in [-0.25, -0.2) is 0 Å². The van der Waals surface area contributed by atoms with Crippen LogP contribution >= 0.6 is 0 Å². The second kappa shape index (κ2) is 7.10. The molecular formula is C18H24N+. The maximum absolute atomic E-state index is 3.88. The van der Waals surface area contributed by atoms with E-state index in [9.17, 15) is 0 Å². The molecule has 1 heterocycles. The van der Waals surface area contributed by atoms with Crippen molar-refractivity contribution in [1.29, 1.82) is 0 Å². The second-order valence-corrected chi connectivity index (χ2v) is 5.36. The molecule has 1 nitrogen and oxygen atoms in total. The highest BCUT2D eigenvalue weighted by atomic mass is 15.0. The molecule has 0 saturated carbocycles. The second-order valence-electron chi connectivity index (χ2n) is 5.36. The molecule has 0 fully saturated rings. The molecular weight excluding hydrogens is 230 g/mol. The van der Waals surface area contributed by atoms with Gasteiger partial charge >= 0.3 is 0 Å². The number of hydrogen-bond acceptors (Lipinski definition) is 0. The predicted octanol–water partition coefficient (Wildman–Crippen LogP) is 3.01. The van der Waals surface area contributed by atoms with Gasteiger partial charge in [0.1, 0.15) is 6.04 Å².